The van der Waals surface area contributed by atoms with Crippen molar-refractivity contribution >= 4 is 15.9 Å². The molecule has 0 radical (unpaired) electrons. The molecule has 2 rings (SSSR count). The van der Waals surface area contributed by atoms with Crippen LogP contribution in [0.15, 0.2) is 16.6 Å². The molecule has 2 N–H and O–H groups in total. The Hall–Kier alpha value is -0.740. The predicted octanol–water partition coefficient (Wildman–Crippen LogP) is 3.14. The minimum Gasteiger partial charge on any atom is -0.489 e. The maximum absolute atomic E-state index is 5.88. The number of ether oxygens (including phenoxy) is 2. The van der Waals surface area contributed by atoms with Crippen molar-refractivity contribution in [2.75, 3.05) is 19.8 Å². The summed E-state index contributed by atoms with van der Waals surface area (Å²) in [5.41, 5.74) is 6.81. The van der Waals surface area contributed by atoms with Crippen LogP contribution >= 0.6 is 15.9 Å². The Balaban J connectivity index is 2.25. The molecule has 3 nitrogen and oxygen atoms in total. The van der Waals surface area contributed by atoms with Gasteiger partial charge in [0.15, 0.2) is 11.5 Å². The van der Waals surface area contributed by atoms with Gasteiger partial charge in [0.25, 0.3) is 0 Å². The van der Waals surface area contributed by atoms with E-state index in [4.69, 9.17) is 15.2 Å². The lowest BCUT2D eigenvalue weighted by molar-refractivity contribution is 0.140. The van der Waals surface area contributed by atoms with E-state index in [9.17, 15) is 0 Å². The lowest BCUT2D eigenvalue weighted by Crippen LogP contribution is -2.26. The number of aryl methyl sites for hydroxylation is 1. The summed E-state index contributed by atoms with van der Waals surface area (Å²) in [6.07, 6.45) is 1.95. The number of benzene rings is 1. The van der Waals surface area contributed by atoms with Crippen LogP contribution < -0.4 is 15.2 Å². The van der Waals surface area contributed by atoms with Crippen molar-refractivity contribution in [1.82, 2.24) is 0 Å². The zero-order valence-electron chi connectivity index (χ0n) is 11.0. The summed E-state index contributed by atoms with van der Waals surface area (Å²) in [5.74, 6) is 1.65. The van der Waals surface area contributed by atoms with Gasteiger partial charge in [0.2, 0.25) is 0 Å². The van der Waals surface area contributed by atoms with Crippen LogP contribution in [0.2, 0.25) is 0 Å². The summed E-state index contributed by atoms with van der Waals surface area (Å²) < 4.78 is 12.7. The number of nitrogens with two attached hydrogens (primary N) is 1. The third kappa shape index (κ3) is 3.18. The number of rotatable bonds is 3. The normalized spacial score (nSPS) is 17.3. The van der Waals surface area contributed by atoms with Gasteiger partial charge in [-0.1, -0.05) is 13.8 Å². The van der Waals surface area contributed by atoms with Gasteiger partial charge >= 0.3 is 0 Å². The van der Waals surface area contributed by atoms with Crippen LogP contribution in [0.3, 0.4) is 0 Å². The smallest absolute Gasteiger partial charge is 0.175 e. The lowest BCUT2D eigenvalue weighted by Gasteiger charge is -2.19. The molecule has 0 bridgehead atoms. The van der Waals surface area contributed by atoms with E-state index in [-0.39, 0.29) is 5.41 Å². The Labute approximate surface area is 117 Å². The van der Waals surface area contributed by atoms with E-state index in [0.29, 0.717) is 19.8 Å². The van der Waals surface area contributed by atoms with Gasteiger partial charge in [0.05, 0.1) is 17.7 Å². The van der Waals surface area contributed by atoms with Crippen molar-refractivity contribution in [3.63, 3.8) is 0 Å². The first-order valence-electron chi connectivity index (χ1n) is 6.30. The molecule has 18 heavy (non-hydrogen) atoms. The van der Waals surface area contributed by atoms with Crippen molar-refractivity contribution in [1.29, 1.82) is 0 Å². The third-order valence-electron chi connectivity index (χ3n) is 2.96. The van der Waals surface area contributed by atoms with Crippen LogP contribution in [0.25, 0.3) is 0 Å². The van der Waals surface area contributed by atoms with Gasteiger partial charge in [-0.15, -0.1) is 0 Å². The second-order valence-corrected chi connectivity index (χ2v) is 6.39. The van der Waals surface area contributed by atoms with Crippen LogP contribution in [0.4, 0.5) is 0 Å². The van der Waals surface area contributed by atoms with Crippen LogP contribution in [-0.4, -0.2) is 19.8 Å². The van der Waals surface area contributed by atoms with Gasteiger partial charge in [-0.2, -0.15) is 0 Å². The summed E-state index contributed by atoms with van der Waals surface area (Å²) in [4.78, 5) is 0. The SMILES string of the molecule is CC1(C)COc2cc(CCCN)cc(Br)c2OC1. The molecule has 0 saturated heterocycles. The molecular weight excluding hydrogens is 294 g/mol. The minimum absolute atomic E-state index is 0.0376. The molecule has 4 heteroatoms. The van der Waals surface area contributed by atoms with Gasteiger partial charge in [-0.3, -0.25) is 0 Å². The first-order chi connectivity index (χ1) is 8.52. The van der Waals surface area contributed by atoms with E-state index in [0.717, 1.165) is 28.8 Å². The second kappa shape index (κ2) is 5.49. The Morgan fingerprint density at radius 1 is 1.28 bits per heavy atom. The van der Waals surface area contributed by atoms with Gasteiger partial charge in [0.1, 0.15) is 0 Å². The lowest BCUT2D eigenvalue weighted by atomic mass is 9.97. The number of hydrogen-bond acceptors (Lipinski definition) is 3. The van der Waals surface area contributed by atoms with E-state index < -0.39 is 0 Å². The molecule has 0 spiro atoms. The molecule has 100 valence electrons. The third-order valence-corrected chi connectivity index (χ3v) is 3.55. The van der Waals surface area contributed by atoms with Crippen LogP contribution in [-0.2, 0) is 6.42 Å². The van der Waals surface area contributed by atoms with Gasteiger partial charge < -0.3 is 15.2 Å². The topological polar surface area (TPSA) is 44.5 Å². The van der Waals surface area contributed by atoms with Crippen LogP contribution in [0.5, 0.6) is 11.5 Å². The Morgan fingerprint density at radius 3 is 2.72 bits per heavy atom. The molecule has 1 aromatic carbocycles. The Bertz CT molecular complexity index is 432. The molecule has 0 atom stereocenters. The first-order valence-corrected chi connectivity index (χ1v) is 7.09. The summed E-state index contributed by atoms with van der Waals surface area (Å²) in [5, 5.41) is 0. The zero-order valence-corrected chi connectivity index (χ0v) is 12.5. The van der Waals surface area contributed by atoms with Crippen molar-refractivity contribution in [3.05, 3.63) is 22.2 Å². The maximum Gasteiger partial charge on any atom is 0.175 e. The maximum atomic E-state index is 5.88. The molecule has 0 fully saturated rings. The highest BCUT2D eigenvalue weighted by Crippen LogP contribution is 2.40. The summed E-state index contributed by atoms with van der Waals surface area (Å²) in [7, 11) is 0. The standard InChI is InChI=1S/C14H20BrNO2/c1-14(2)8-17-12-7-10(4-3-5-16)6-11(15)13(12)18-9-14/h6-7H,3-5,8-9,16H2,1-2H3. The number of halogens is 1. The second-order valence-electron chi connectivity index (χ2n) is 5.54. The molecule has 1 aliphatic heterocycles. The van der Waals surface area contributed by atoms with E-state index in [2.05, 4.69) is 41.9 Å². The van der Waals surface area contributed by atoms with Gasteiger partial charge in [-0.05, 0) is 53.0 Å². The highest BCUT2D eigenvalue weighted by atomic mass is 79.9. The van der Waals surface area contributed by atoms with Crippen LogP contribution in [0, 0.1) is 5.41 Å². The van der Waals surface area contributed by atoms with Crippen molar-refractivity contribution in [2.24, 2.45) is 11.1 Å². The van der Waals surface area contributed by atoms with Crippen molar-refractivity contribution in [2.45, 2.75) is 26.7 Å². The molecule has 0 aliphatic carbocycles. The Morgan fingerprint density at radius 2 is 2.00 bits per heavy atom. The van der Waals surface area contributed by atoms with E-state index in [1.54, 1.807) is 0 Å². The Kier molecular flexibility index (Phi) is 4.17. The van der Waals surface area contributed by atoms with E-state index >= 15 is 0 Å². The van der Waals surface area contributed by atoms with E-state index in [1.165, 1.54) is 5.56 Å². The quantitative estimate of drug-likeness (QED) is 0.932. The summed E-state index contributed by atoms with van der Waals surface area (Å²) >= 11 is 3.56. The molecule has 0 saturated carbocycles. The fourth-order valence-electron chi connectivity index (χ4n) is 1.90. The molecule has 1 aliphatic rings. The fraction of sp³-hybridized carbons (Fsp3) is 0.571. The first kappa shape index (κ1) is 13.7. The molecule has 1 aromatic rings. The predicted molar refractivity (Wildman–Crippen MR) is 76.3 cm³/mol. The summed E-state index contributed by atoms with van der Waals surface area (Å²) in [6, 6.07) is 4.16. The monoisotopic (exact) mass is 313 g/mol. The zero-order chi connectivity index (χ0) is 13.2. The molecule has 1 heterocycles. The fourth-order valence-corrected chi connectivity index (χ4v) is 2.51. The molecule has 0 aromatic heterocycles. The molecule has 0 amide bonds. The molecule has 0 unspecified atom stereocenters. The number of fused-ring (bicyclic) bond motifs is 1. The summed E-state index contributed by atoms with van der Waals surface area (Å²) in [6.45, 7) is 6.33. The number of hydrogen-bond donors (Lipinski definition) is 1. The average Bonchev–Trinajstić information content (AvgIpc) is 2.46. The van der Waals surface area contributed by atoms with Gasteiger partial charge in [-0.25, -0.2) is 0 Å². The average molecular weight is 314 g/mol. The largest absolute Gasteiger partial charge is 0.489 e. The van der Waals surface area contributed by atoms with Crippen molar-refractivity contribution in [3.8, 4) is 11.5 Å². The highest BCUT2D eigenvalue weighted by Gasteiger charge is 2.26. The van der Waals surface area contributed by atoms with Gasteiger partial charge in [0, 0.05) is 5.41 Å². The highest BCUT2D eigenvalue weighted by molar-refractivity contribution is 9.10. The van der Waals surface area contributed by atoms with Crippen molar-refractivity contribution < 1.29 is 9.47 Å². The minimum atomic E-state index is 0.0376. The van der Waals surface area contributed by atoms with Crippen LogP contribution in [0.1, 0.15) is 25.8 Å². The molecular formula is C14H20BrNO2. The van der Waals surface area contributed by atoms with E-state index in [1.807, 2.05) is 0 Å².